The summed E-state index contributed by atoms with van der Waals surface area (Å²) in [5.74, 6) is 0.157. The molecule has 0 aliphatic carbocycles. The van der Waals surface area contributed by atoms with Gasteiger partial charge in [0.1, 0.15) is 10.7 Å². The zero-order valence-corrected chi connectivity index (χ0v) is 16.8. The van der Waals surface area contributed by atoms with Crippen molar-refractivity contribution in [3.05, 3.63) is 60.0 Å². The van der Waals surface area contributed by atoms with Crippen molar-refractivity contribution in [3.63, 3.8) is 0 Å². The summed E-state index contributed by atoms with van der Waals surface area (Å²) >= 11 is 0. The molecule has 1 fully saturated rings. The van der Waals surface area contributed by atoms with Crippen LogP contribution in [0.25, 0.3) is 10.9 Å². The first-order valence-corrected chi connectivity index (χ1v) is 11.0. The Labute approximate surface area is 169 Å². The molecule has 1 saturated heterocycles. The predicted octanol–water partition coefficient (Wildman–Crippen LogP) is 4.31. The van der Waals surface area contributed by atoms with E-state index in [1.54, 1.807) is 18.2 Å². The highest BCUT2D eigenvalue weighted by Gasteiger charge is 2.28. The summed E-state index contributed by atoms with van der Waals surface area (Å²) in [5.41, 5.74) is 1.25. The zero-order valence-electron chi connectivity index (χ0n) is 16.0. The maximum atomic E-state index is 13.7. The van der Waals surface area contributed by atoms with Gasteiger partial charge in [-0.15, -0.1) is 0 Å². The van der Waals surface area contributed by atoms with Crippen molar-refractivity contribution in [1.29, 1.82) is 5.26 Å². The van der Waals surface area contributed by atoms with E-state index in [0.717, 1.165) is 25.9 Å². The standard InChI is InChI=1S/C22H20FN3O2S/c1-15-7-9-26(10-8-15)22-19-6-5-17(23)12-20(19)25-14-21(22)29(27,28)18-4-2-3-16(11-18)13-24/h2-6,11-12,14-15H,7-10H2,1H3. The maximum Gasteiger partial charge on any atom is 0.210 e. The summed E-state index contributed by atoms with van der Waals surface area (Å²) in [5, 5.41) is 9.76. The largest absolute Gasteiger partial charge is 0.370 e. The van der Waals surface area contributed by atoms with Crippen molar-refractivity contribution in [2.24, 2.45) is 5.92 Å². The summed E-state index contributed by atoms with van der Waals surface area (Å²) in [6.45, 7) is 3.62. The number of halogens is 1. The van der Waals surface area contributed by atoms with E-state index in [0.29, 0.717) is 22.5 Å². The Morgan fingerprint density at radius 2 is 1.93 bits per heavy atom. The van der Waals surface area contributed by atoms with Gasteiger partial charge in [0.15, 0.2) is 0 Å². The molecule has 5 nitrogen and oxygen atoms in total. The Hall–Kier alpha value is -2.98. The second-order valence-electron chi connectivity index (χ2n) is 7.45. The van der Waals surface area contributed by atoms with Crippen LogP contribution in [-0.2, 0) is 9.84 Å². The fraction of sp³-hybridized carbons (Fsp3) is 0.273. The molecule has 0 radical (unpaired) electrons. The van der Waals surface area contributed by atoms with Crippen molar-refractivity contribution in [1.82, 2.24) is 4.98 Å². The molecule has 0 unspecified atom stereocenters. The van der Waals surface area contributed by atoms with Gasteiger partial charge in [0, 0.05) is 30.7 Å². The Morgan fingerprint density at radius 1 is 1.17 bits per heavy atom. The van der Waals surface area contributed by atoms with Gasteiger partial charge in [0.25, 0.3) is 0 Å². The van der Waals surface area contributed by atoms with E-state index in [-0.39, 0.29) is 15.4 Å². The Morgan fingerprint density at radius 3 is 2.66 bits per heavy atom. The number of rotatable bonds is 3. The highest BCUT2D eigenvalue weighted by molar-refractivity contribution is 7.91. The summed E-state index contributed by atoms with van der Waals surface area (Å²) in [6.07, 6.45) is 3.21. The first kappa shape index (κ1) is 19.3. The van der Waals surface area contributed by atoms with Crippen LogP contribution in [0.1, 0.15) is 25.3 Å². The summed E-state index contributed by atoms with van der Waals surface area (Å²) in [6, 6.07) is 12.2. The lowest BCUT2D eigenvalue weighted by Crippen LogP contribution is -2.34. The van der Waals surface area contributed by atoms with E-state index in [9.17, 15) is 12.8 Å². The van der Waals surface area contributed by atoms with E-state index in [2.05, 4.69) is 16.8 Å². The van der Waals surface area contributed by atoms with Crippen LogP contribution >= 0.6 is 0 Å². The van der Waals surface area contributed by atoms with E-state index in [1.807, 2.05) is 6.07 Å². The van der Waals surface area contributed by atoms with Crippen LogP contribution in [0.4, 0.5) is 10.1 Å². The average molecular weight is 409 g/mol. The fourth-order valence-corrected chi connectivity index (χ4v) is 5.23. The predicted molar refractivity (Wildman–Crippen MR) is 109 cm³/mol. The smallest absolute Gasteiger partial charge is 0.210 e. The van der Waals surface area contributed by atoms with Gasteiger partial charge < -0.3 is 4.90 Å². The molecule has 1 aliphatic rings. The fourth-order valence-electron chi connectivity index (χ4n) is 3.75. The third kappa shape index (κ3) is 3.56. The molecule has 1 aromatic heterocycles. The van der Waals surface area contributed by atoms with Gasteiger partial charge in [-0.25, -0.2) is 12.8 Å². The van der Waals surface area contributed by atoms with Crippen molar-refractivity contribution in [2.45, 2.75) is 29.6 Å². The van der Waals surface area contributed by atoms with Crippen molar-refractivity contribution in [2.75, 3.05) is 18.0 Å². The normalized spacial score (nSPS) is 15.4. The van der Waals surface area contributed by atoms with Gasteiger partial charge in [-0.3, -0.25) is 4.98 Å². The van der Waals surface area contributed by atoms with Crippen LogP contribution in [0, 0.1) is 23.1 Å². The number of hydrogen-bond donors (Lipinski definition) is 0. The lowest BCUT2D eigenvalue weighted by molar-refractivity contribution is 0.437. The molecule has 7 heteroatoms. The summed E-state index contributed by atoms with van der Waals surface area (Å²) < 4.78 is 40.7. The number of fused-ring (bicyclic) bond motifs is 1. The van der Waals surface area contributed by atoms with Crippen LogP contribution in [0.2, 0.25) is 0 Å². The van der Waals surface area contributed by atoms with Gasteiger partial charge in [0.05, 0.1) is 27.7 Å². The molecule has 0 bridgehead atoms. The zero-order chi connectivity index (χ0) is 20.6. The molecule has 0 atom stereocenters. The van der Waals surface area contributed by atoms with Gasteiger partial charge >= 0.3 is 0 Å². The molecular formula is C22H20FN3O2S. The second-order valence-corrected chi connectivity index (χ2v) is 9.36. The van der Waals surface area contributed by atoms with Gasteiger partial charge in [0.2, 0.25) is 9.84 Å². The first-order valence-electron chi connectivity index (χ1n) is 9.48. The van der Waals surface area contributed by atoms with Crippen LogP contribution < -0.4 is 4.90 Å². The van der Waals surface area contributed by atoms with E-state index in [1.165, 1.54) is 30.5 Å². The third-order valence-corrected chi connectivity index (χ3v) is 7.18. The SMILES string of the molecule is CC1CCN(c2c(S(=O)(=O)c3cccc(C#N)c3)cnc3cc(F)ccc23)CC1. The highest BCUT2D eigenvalue weighted by Crippen LogP contribution is 2.37. The lowest BCUT2D eigenvalue weighted by atomic mass is 9.98. The minimum Gasteiger partial charge on any atom is -0.370 e. The number of nitriles is 1. The van der Waals surface area contributed by atoms with Gasteiger partial charge in [-0.1, -0.05) is 13.0 Å². The third-order valence-electron chi connectivity index (χ3n) is 5.43. The molecule has 0 amide bonds. The Kier molecular flexibility index (Phi) is 4.97. The maximum absolute atomic E-state index is 13.7. The number of pyridine rings is 1. The number of hydrogen-bond acceptors (Lipinski definition) is 5. The molecular weight excluding hydrogens is 389 g/mol. The summed E-state index contributed by atoms with van der Waals surface area (Å²) in [7, 11) is -3.92. The first-order chi connectivity index (χ1) is 13.9. The van der Waals surface area contributed by atoms with Crippen LogP contribution in [-0.4, -0.2) is 26.5 Å². The topological polar surface area (TPSA) is 74.1 Å². The number of benzene rings is 2. The van der Waals surface area contributed by atoms with Gasteiger partial charge in [-0.05, 0) is 49.1 Å². The highest BCUT2D eigenvalue weighted by atomic mass is 32.2. The molecule has 148 valence electrons. The Balaban J connectivity index is 1.95. The number of aromatic nitrogens is 1. The van der Waals surface area contributed by atoms with Crippen molar-refractivity contribution in [3.8, 4) is 6.07 Å². The molecule has 0 N–H and O–H groups in total. The van der Waals surface area contributed by atoms with Crippen LogP contribution in [0.3, 0.4) is 0 Å². The molecule has 2 heterocycles. The monoisotopic (exact) mass is 409 g/mol. The average Bonchev–Trinajstić information content (AvgIpc) is 2.73. The minimum atomic E-state index is -3.92. The van der Waals surface area contributed by atoms with Crippen molar-refractivity contribution >= 4 is 26.4 Å². The minimum absolute atomic E-state index is 0.0476. The molecule has 2 aromatic carbocycles. The number of sulfone groups is 1. The lowest BCUT2D eigenvalue weighted by Gasteiger charge is -2.34. The molecule has 3 aromatic rings. The Bertz CT molecular complexity index is 1230. The number of anilines is 1. The second kappa shape index (κ2) is 7.45. The number of piperidine rings is 1. The molecule has 4 rings (SSSR count). The summed E-state index contributed by atoms with van der Waals surface area (Å²) in [4.78, 5) is 6.43. The molecule has 0 spiro atoms. The quantitative estimate of drug-likeness (QED) is 0.644. The van der Waals surface area contributed by atoms with Gasteiger partial charge in [-0.2, -0.15) is 5.26 Å². The van der Waals surface area contributed by atoms with Crippen LogP contribution in [0.5, 0.6) is 0 Å². The molecule has 29 heavy (non-hydrogen) atoms. The van der Waals surface area contributed by atoms with Crippen LogP contribution in [0.15, 0.2) is 58.5 Å². The molecule has 1 aliphatic heterocycles. The number of nitrogens with zero attached hydrogens (tertiary/aromatic N) is 3. The van der Waals surface area contributed by atoms with E-state index < -0.39 is 15.7 Å². The van der Waals surface area contributed by atoms with E-state index in [4.69, 9.17) is 5.26 Å². The van der Waals surface area contributed by atoms with E-state index >= 15 is 0 Å². The molecule has 0 saturated carbocycles. The van der Waals surface area contributed by atoms with Crippen molar-refractivity contribution < 1.29 is 12.8 Å².